The first-order valence-corrected chi connectivity index (χ1v) is 11.9. The number of unbranched alkanes of at least 4 members (excludes halogenated alkanes) is 1. The first-order chi connectivity index (χ1) is 16.1. The minimum atomic E-state index is -1.27. The molecule has 5 unspecified atom stereocenters. The van der Waals surface area contributed by atoms with Crippen molar-refractivity contribution in [1.29, 1.82) is 0 Å². The Bertz CT molecular complexity index is 689. The van der Waals surface area contributed by atoms with E-state index in [-0.39, 0.29) is 18.2 Å². The molecule has 0 spiro atoms. The van der Waals surface area contributed by atoms with Crippen LogP contribution in [-0.2, 0) is 23.9 Å². The van der Waals surface area contributed by atoms with E-state index in [0.717, 1.165) is 7.11 Å². The number of hydrazine groups is 1. The highest BCUT2D eigenvalue weighted by molar-refractivity contribution is 5.94. The van der Waals surface area contributed by atoms with Crippen molar-refractivity contribution >= 4 is 23.7 Å². The summed E-state index contributed by atoms with van der Waals surface area (Å²) in [4.78, 5) is 52.5. The van der Waals surface area contributed by atoms with Crippen molar-refractivity contribution in [3.05, 3.63) is 0 Å². The number of carbonyl (C=O) groups excluding carboxylic acids is 4. The zero-order valence-corrected chi connectivity index (χ0v) is 20.7. The van der Waals surface area contributed by atoms with Crippen LogP contribution in [0.1, 0.15) is 59.3 Å². The monoisotopic (exact) mass is 486 g/mol. The Morgan fingerprint density at radius 1 is 1.12 bits per heavy atom. The third-order valence-electron chi connectivity index (χ3n) is 5.86. The van der Waals surface area contributed by atoms with E-state index in [0.29, 0.717) is 45.2 Å². The molecule has 0 aliphatic carbocycles. The van der Waals surface area contributed by atoms with Crippen LogP contribution >= 0.6 is 0 Å². The Balaban J connectivity index is 2.97. The molecule has 1 fully saturated rings. The van der Waals surface area contributed by atoms with Crippen LogP contribution in [0.2, 0.25) is 0 Å². The summed E-state index contributed by atoms with van der Waals surface area (Å²) in [7, 11) is 1.15. The van der Waals surface area contributed by atoms with Gasteiger partial charge < -0.3 is 31.1 Å². The van der Waals surface area contributed by atoms with Crippen LogP contribution in [0.3, 0.4) is 0 Å². The van der Waals surface area contributed by atoms with Crippen LogP contribution in [0.4, 0.5) is 0 Å². The van der Waals surface area contributed by atoms with Crippen LogP contribution in [0.15, 0.2) is 0 Å². The van der Waals surface area contributed by atoms with Crippen LogP contribution in [0.5, 0.6) is 0 Å². The molecule has 1 saturated heterocycles. The molecule has 196 valence electrons. The number of hydrogen-bond donors (Lipinski definition) is 6. The molecule has 8 N–H and O–H groups in total. The maximum atomic E-state index is 13.1. The van der Waals surface area contributed by atoms with Gasteiger partial charge in [0.05, 0.1) is 13.2 Å². The summed E-state index contributed by atoms with van der Waals surface area (Å²) in [5.41, 5.74) is 8.10. The van der Waals surface area contributed by atoms with E-state index in [1.54, 1.807) is 0 Å². The van der Waals surface area contributed by atoms with Crippen LogP contribution in [-0.4, -0.2) is 84.2 Å². The number of aliphatic hydroxyl groups is 1. The molecule has 0 aromatic rings. The van der Waals surface area contributed by atoms with E-state index >= 15 is 0 Å². The maximum Gasteiger partial charge on any atom is 0.331 e. The summed E-state index contributed by atoms with van der Waals surface area (Å²) in [6.07, 6.45) is 1.94. The van der Waals surface area contributed by atoms with Gasteiger partial charge in [0.15, 0.2) is 6.04 Å². The summed E-state index contributed by atoms with van der Waals surface area (Å²) in [6, 6.07) is -3.58. The Morgan fingerprint density at radius 3 is 2.32 bits per heavy atom. The molecule has 0 bridgehead atoms. The SMILES string of the molecule is COC(=O)C(NC(=O)C(CCCCN)NC(=O)C1CCCN1C(=O)C(CC(C)C)NN)C(C)O. The zero-order chi connectivity index (χ0) is 25.8. The van der Waals surface area contributed by atoms with E-state index in [2.05, 4.69) is 20.8 Å². The van der Waals surface area contributed by atoms with Gasteiger partial charge in [0.25, 0.3) is 0 Å². The molecule has 1 rings (SSSR count). The molecule has 0 radical (unpaired) electrons. The number of methoxy groups -OCH3 is 1. The lowest BCUT2D eigenvalue weighted by Gasteiger charge is -2.30. The molecule has 34 heavy (non-hydrogen) atoms. The molecular weight excluding hydrogens is 444 g/mol. The van der Waals surface area contributed by atoms with Crippen molar-refractivity contribution in [3.63, 3.8) is 0 Å². The largest absolute Gasteiger partial charge is 0.467 e. The van der Waals surface area contributed by atoms with Crippen molar-refractivity contribution in [3.8, 4) is 0 Å². The smallest absolute Gasteiger partial charge is 0.331 e. The number of nitrogens with one attached hydrogen (secondary N) is 3. The number of rotatable bonds is 14. The highest BCUT2D eigenvalue weighted by atomic mass is 16.5. The second kappa shape index (κ2) is 14.9. The lowest BCUT2D eigenvalue weighted by molar-refractivity contribution is -0.148. The van der Waals surface area contributed by atoms with Gasteiger partial charge in [0.1, 0.15) is 18.1 Å². The van der Waals surface area contributed by atoms with E-state index in [9.17, 15) is 24.3 Å². The van der Waals surface area contributed by atoms with Gasteiger partial charge in [0, 0.05) is 6.54 Å². The van der Waals surface area contributed by atoms with E-state index in [1.165, 1.54) is 11.8 Å². The molecule has 1 heterocycles. The van der Waals surface area contributed by atoms with E-state index in [1.807, 2.05) is 13.8 Å². The van der Waals surface area contributed by atoms with Gasteiger partial charge in [0.2, 0.25) is 17.7 Å². The maximum absolute atomic E-state index is 13.1. The van der Waals surface area contributed by atoms with Gasteiger partial charge in [-0.1, -0.05) is 13.8 Å². The average molecular weight is 487 g/mol. The highest BCUT2D eigenvalue weighted by Gasteiger charge is 2.38. The normalized spacial score (nSPS) is 19.3. The van der Waals surface area contributed by atoms with Gasteiger partial charge in [-0.15, -0.1) is 0 Å². The molecule has 1 aliphatic heterocycles. The first-order valence-electron chi connectivity index (χ1n) is 11.9. The number of esters is 1. The van der Waals surface area contributed by atoms with Gasteiger partial charge in [-0.05, 0) is 57.9 Å². The van der Waals surface area contributed by atoms with Gasteiger partial charge in [-0.2, -0.15) is 0 Å². The third kappa shape index (κ3) is 8.82. The predicted octanol–water partition coefficient (Wildman–Crippen LogP) is -1.49. The van der Waals surface area contributed by atoms with Gasteiger partial charge in [-0.25, -0.2) is 10.2 Å². The second-order valence-corrected chi connectivity index (χ2v) is 9.13. The van der Waals surface area contributed by atoms with Gasteiger partial charge in [-0.3, -0.25) is 20.2 Å². The Hall–Kier alpha value is -2.28. The van der Waals surface area contributed by atoms with Crippen molar-refractivity contribution in [2.75, 3.05) is 20.2 Å². The molecule has 0 saturated carbocycles. The first kappa shape index (κ1) is 29.8. The minimum absolute atomic E-state index is 0.229. The predicted molar refractivity (Wildman–Crippen MR) is 126 cm³/mol. The van der Waals surface area contributed by atoms with Crippen molar-refractivity contribution in [1.82, 2.24) is 21.0 Å². The fourth-order valence-electron chi connectivity index (χ4n) is 4.00. The second-order valence-electron chi connectivity index (χ2n) is 9.13. The standard InChI is InChI=1S/C22H42N6O6/c1-13(2)12-16(27-24)21(32)28-11-7-9-17(28)20(31)25-15(8-5-6-10-23)19(30)26-18(14(3)29)22(33)34-4/h13-18,27,29H,5-12,23-24H2,1-4H3,(H,25,31)(H,26,30). The quantitative estimate of drug-likeness (QED) is 0.0735. The number of nitrogens with two attached hydrogens (primary N) is 2. The number of ether oxygens (including phenoxy) is 1. The van der Waals surface area contributed by atoms with Crippen molar-refractivity contribution in [2.24, 2.45) is 17.5 Å². The minimum Gasteiger partial charge on any atom is -0.467 e. The summed E-state index contributed by atoms with van der Waals surface area (Å²) in [5, 5.41) is 15.1. The number of nitrogens with zero attached hydrogens (tertiary/aromatic N) is 1. The lowest BCUT2D eigenvalue weighted by atomic mass is 10.0. The van der Waals surface area contributed by atoms with Crippen molar-refractivity contribution < 1.29 is 29.0 Å². The number of amides is 3. The Kier molecular flexibility index (Phi) is 13.0. The summed E-state index contributed by atoms with van der Waals surface area (Å²) in [6.45, 7) is 6.15. The molecule has 1 aliphatic rings. The molecule has 5 atom stereocenters. The number of hydrogen-bond acceptors (Lipinski definition) is 9. The fraction of sp³-hybridized carbons (Fsp3) is 0.818. The van der Waals surface area contributed by atoms with E-state index < -0.39 is 48.1 Å². The number of likely N-dealkylation sites (tertiary alicyclic amines) is 1. The summed E-state index contributed by atoms with van der Waals surface area (Å²) < 4.78 is 4.64. The van der Waals surface area contributed by atoms with Gasteiger partial charge >= 0.3 is 5.97 Å². The number of aliphatic hydroxyl groups excluding tert-OH is 1. The molecule has 12 nitrogen and oxygen atoms in total. The lowest BCUT2D eigenvalue weighted by Crippen LogP contribution is -2.58. The number of carbonyl (C=O) groups is 4. The summed E-state index contributed by atoms with van der Waals surface area (Å²) in [5.74, 6) is 3.69. The average Bonchev–Trinajstić information content (AvgIpc) is 3.29. The Labute approximate surface area is 201 Å². The van der Waals surface area contributed by atoms with E-state index in [4.69, 9.17) is 11.6 Å². The highest BCUT2D eigenvalue weighted by Crippen LogP contribution is 2.20. The fourth-order valence-corrected chi connectivity index (χ4v) is 4.00. The molecule has 0 aromatic heterocycles. The summed E-state index contributed by atoms with van der Waals surface area (Å²) >= 11 is 0. The van der Waals surface area contributed by atoms with Crippen LogP contribution in [0.25, 0.3) is 0 Å². The van der Waals surface area contributed by atoms with Crippen molar-refractivity contribution in [2.45, 2.75) is 89.6 Å². The topological polar surface area (TPSA) is 189 Å². The molecule has 12 heteroatoms. The Morgan fingerprint density at radius 2 is 1.79 bits per heavy atom. The van der Waals surface area contributed by atoms with Crippen LogP contribution < -0.4 is 27.6 Å². The van der Waals surface area contributed by atoms with Crippen LogP contribution in [0, 0.1) is 5.92 Å². The molecular formula is C22H42N6O6. The zero-order valence-electron chi connectivity index (χ0n) is 20.7. The molecule has 0 aromatic carbocycles. The third-order valence-corrected chi connectivity index (χ3v) is 5.86. The molecule has 3 amide bonds.